The maximum absolute atomic E-state index is 12.4. The molecule has 3 aromatic rings. The molecular formula is C26H30N2O4S. The van der Waals surface area contributed by atoms with Crippen molar-refractivity contribution in [1.29, 1.82) is 0 Å². The van der Waals surface area contributed by atoms with E-state index in [2.05, 4.69) is 17.2 Å². The zero-order valence-corrected chi connectivity index (χ0v) is 20.0. The van der Waals surface area contributed by atoms with Crippen LogP contribution in [-0.2, 0) is 4.74 Å². The highest BCUT2D eigenvalue weighted by molar-refractivity contribution is 7.19. The van der Waals surface area contributed by atoms with Crippen molar-refractivity contribution in [2.24, 2.45) is 0 Å². The smallest absolute Gasteiger partial charge is 0.338 e. The van der Waals surface area contributed by atoms with Gasteiger partial charge in [-0.2, -0.15) is 0 Å². The zero-order valence-electron chi connectivity index (χ0n) is 19.1. The second kappa shape index (κ2) is 12.7. The second-order valence-electron chi connectivity index (χ2n) is 7.69. The lowest BCUT2D eigenvalue weighted by atomic mass is 10.1. The van der Waals surface area contributed by atoms with E-state index in [9.17, 15) is 9.59 Å². The van der Waals surface area contributed by atoms with E-state index < -0.39 is 0 Å². The molecule has 1 N–H and O–H groups in total. The molecule has 0 aliphatic carbocycles. The fraction of sp³-hybridized carbons (Fsp3) is 0.346. The number of anilines is 1. The predicted molar refractivity (Wildman–Crippen MR) is 132 cm³/mol. The van der Waals surface area contributed by atoms with Crippen LogP contribution in [0.2, 0.25) is 0 Å². The van der Waals surface area contributed by atoms with Crippen LogP contribution in [0.1, 0.15) is 66.2 Å². The van der Waals surface area contributed by atoms with Crippen LogP contribution in [0.4, 0.5) is 5.13 Å². The molecule has 0 spiro atoms. The molecule has 0 atom stereocenters. The van der Waals surface area contributed by atoms with Gasteiger partial charge in [-0.05, 0) is 48.4 Å². The number of aromatic nitrogens is 1. The van der Waals surface area contributed by atoms with Crippen molar-refractivity contribution >= 4 is 28.3 Å². The Morgan fingerprint density at radius 2 is 1.58 bits per heavy atom. The molecule has 7 heteroatoms. The molecule has 0 aliphatic heterocycles. The summed E-state index contributed by atoms with van der Waals surface area (Å²) in [6.45, 7) is 2.65. The van der Waals surface area contributed by atoms with E-state index in [1.54, 1.807) is 49.7 Å². The molecule has 6 nitrogen and oxygen atoms in total. The molecule has 1 heterocycles. The Morgan fingerprint density at radius 3 is 2.27 bits per heavy atom. The lowest BCUT2D eigenvalue weighted by Gasteiger charge is -2.05. The maximum atomic E-state index is 12.4. The van der Waals surface area contributed by atoms with Crippen LogP contribution in [0.3, 0.4) is 0 Å². The minimum absolute atomic E-state index is 0.234. The third-order valence-electron chi connectivity index (χ3n) is 5.21. The summed E-state index contributed by atoms with van der Waals surface area (Å²) in [4.78, 5) is 29.8. The molecule has 1 aromatic heterocycles. The Hall–Kier alpha value is -3.19. The number of methoxy groups -OCH3 is 1. The van der Waals surface area contributed by atoms with Gasteiger partial charge in [0.05, 0.1) is 24.2 Å². The van der Waals surface area contributed by atoms with E-state index in [4.69, 9.17) is 9.47 Å². The molecule has 2 aromatic carbocycles. The first-order valence-corrected chi connectivity index (χ1v) is 12.1. The summed E-state index contributed by atoms with van der Waals surface area (Å²) in [6, 6.07) is 14.1. The molecule has 3 rings (SSSR count). The van der Waals surface area contributed by atoms with Gasteiger partial charge in [0, 0.05) is 11.8 Å². The van der Waals surface area contributed by atoms with E-state index in [1.807, 2.05) is 12.1 Å². The van der Waals surface area contributed by atoms with Crippen LogP contribution in [0, 0.1) is 0 Å². The number of amides is 1. The molecule has 0 unspecified atom stereocenters. The first-order chi connectivity index (χ1) is 16.1. The molecular weight excluding hydrogens is 436 g/mol. The average molecular weight is 467 g/mol. The van der Waals surface area contributed by atoms with Gasteiger partial charge in [0.1, 0.15) is 5.75 Å². The Morgan fingerprint density at radius 1 is 0.909 bits per heavy atom. The van der Waals surface area contributed by atoms with E-state index in [-0.39, 0.29) is 11.9 Å². The number of nitrogens with zero attached hydrogens (tertiary/aromatic N) is 1. The summed E-state index contributed by atoms with van der Waals surface area (Å²) in [6.07, 6.45) is 8.64. The SMILES string of the molecule is CCCCCCCCOC(=O)c1ccc(-c2cnc(NC(=O)c3ccc(OC)cc3)s2)cc1. The Kier molecular flexibility index (Phi) is 9.44. The van der Waals surface area contributed by atoms with Gasteiger partial charge in [0.25, 0.3) is 5.91 Å². The van der Waals surface area contributed by atoms with Crippen molar-refractivity contribution in [3.8, 4) is 16.2 Å². The molecule has 174 valence electrons. The van der Waals surface area contributed by atoms with Gasteiger partial charge < -0.3 is 9.47 Å². The summed E-state index contributed by atoms with van der Waals surface area (Å²) >= 11 is 1.37. The molecule has 0 bridgehead atoms. The van der Waals surface area contributed by atoms with E-state index in [0.29, 0.717) is 28.6 Å². The zero-order chi connectivity index (χ0) is 23.5. The van der Waals surface area contributed by atoms with Crippen molar-refractivity contribution in [2.75, 3.05) is 19.0 Å². The number of ether oxygens (including phenoxy) is 2. The van der Waals surface area contributed by atoms with Crippen LogP contribution < -0.4 is 10.1 Å². The van der Waals surface area contributed by atoms with E-state index in [0.717, 1.165) is 23.3 Å². The van der Waals surface area contributed by atoms with Crippen molar-refractivity contribution in [2.45, 2.75) is 45.4 Å². The van der Waals surface area contributed by atoms with Gasteiger partial charge in [-0.25, -0.2) is 9.78 Å². The largest absolute Gasteiger partial charge is 0.497 e. The molecule has 0 fully saturated rings. The van der Waals surface area contributed by atoms with Gasteiger partial charge in [-0.1, -0.05) is 62.5 Å². The van der Waals surface area contributed by atoms with Crippen LogP contribution >= 0.6 is 11.3 Å². The Balaban J connectivity index is 1.49. The number of nitrogens with one attached hydrogen (secondary N) is 1. The highest BCUT2D eigenvalue weighted by Crippen LogP contribution is 2.29. The fourth-order valence-corrected chi connectivity index (χ4v) is 4.10. The van der Waals surface area contributed by atoms with Gasteiger partial charge in [-0.15, -0.1) is 0 Å². The van der Waals surface area contributed by atoms with Gasteiger partial charge in [0.15, 0.2) is 5.13 Å². The highest BCUT2D eigenvalue weighted by atomic mass is 32.1. The Labute approximate surface area is 199 Å². The number of benzene rings is 2. The summed E-state index contributed by atoms with van der Waals surface area (Å²) in [7, 11) is 1.58. The third-order valence-corrected chi connectivity index (χ3v) is 6.18. The highest BCUT2D eigenvalue weighted by Gasteiger charge is 2.12. The molecule has 1 amide bonds. The quantitative estimate of drug-likeness (QED) is 0.241. The van der Waals surface area contributed by atoms with E-state index in [1.165, 1.54) is 37.0 Å². The average Bonchev–Trinajstić information content (AvgIpc) is 3.32. The summed E-state index contributed by atoms with van der Waals surface area (Å²) in [5, 5.41) is 3.32. The molecule has 0 aliphatic rings. The van der Waals surface area contributed by atoms with Crippen LogP contribution in [0.5, 0.6) is 5.75 Å². The van der Waals surface area contributed by atoms with Gasteiger partial charge in [0.2, 0.25) is 0 Å². The number of rotatable bonds is 12. The standard InChI is InChI=1S/C26H30N2O4S/c1-3-4-5-6-7-8-17-32-25(30)21-11-9-19(10-12-21)23-18-27-26(33-23)28-24(29)20-13-15-22(31-2)16-14-20/h9-16,18H,3-8,17H2,1-2H3,(H,27,28,29). The van der Waals surface area contributed by atoms with Crippen molar-refractivity contribution < 1.29 is 19.1 Å². The molecule has 0 saturated carbocycles. The van der Waals surface area contributed by atoms with Crippen LogP contribution in [0.25, 0.3) is 10.4 Å². The molecule has 0 radical (unpaired) electrons. The number of carbonyl (C=O) groups is 2. The number of esters is 1. The van der Waals surface area contributed by atoms with Gasteiger partial charge in [-0.3, -0.25) is 10.1 Å². The maximum Gasteiger partial charge on any atom is 0.338 e. The Bertz CT molecular complexity index is 1030. The fourth-order valence-electron chi connectivity index (χ4n) is 3.28. The topological polar surface area (TPSA) is 77.5 Å². The second-order valence-corrected chi connectivity index (χ2v) is 8.72. The first kappa shape index (κ1) is 24.5. The number of hydrogen-bond donors (Lipinski definition) is 1. The van der Waals surface area contributed by atoms with Crippen molar-refractivity contribution in [3.63, 3.8) is 0 Å². The monoisotopic (exact) mass is 466 g/mol. The normalized spacial score (nSPS) is 10.6. The lowest BCUT2D eigenvalue weighted by molar-refractivity contribution is 0.0497. The van der Waals surface area contributed by atoms with Crippen LogP contribution in [0.15, 0.2) is 54.7 Å². The number of unbranched alkanes of at least 4 members (excludes halogenated alkanes) is 5. The molecule has 33 heavy (non-hydrogen) atoms. The lowest BCUT2D eigenvalue weighted by Crippen LogP contribution is -2.11. The summed E-state index contributed by atoms with van der Waals surface area (Å²) < 4.78 is 10.5. The van der Waals surface area contributed by atoms with E-state index >= 15 is 0 Å². The van der Waals surface area contributed by atoms with Crippen molar-refractivity contribution in [1.82, 2.24) is 4.98 Å². The number of thiazole rings is 1. The van der Waals surface area contributed by atoms with Crippen molar-refractivity contribution in [3.05, 3.63) is 65.9 Å². The third kappa shape index (κ3) is 7.43. The number of carbonyl (C=O) groups excluding carboxylic acids is 2. The predicted octanol–water partition coefficient (Wildman–Crippen LogP) is 6.59. The van der Waals surface area contributed by atoms with Crippen LogP contribution in [-0.4, -0.2) is 30.6 Å². The van der Waals surface area contributed by atoms with Gasteiger partial charge >= 0.3 is 5.97 Å². The minimum Gasteiger partial charge on any atom is -0.497 e. The first-order valence-electron chi connectivity index (χ1n) is 11.3. The summed E-state index contributed by atoms with van der Waals surface area (Å²) in [5.74, 6) is 0.159. The minimum atomic E-state index is -0.299. The number of hydrogen-bond acceptors (Lipinski definition) is 6. The summed E-state index contributed by atoms with van der Waals surface area (Å²) in [5.41, 5.74) is 1.98. The molecule has 0 saturated heterocycles.